The summed E-state index contributed by atoms with van der Waals surface area (Å²) in [5.41, 5.74) is 1.93. The van der Waals surface area contributed by atoms with E-state index in [1.165, 1.54) is 0 Å². The molecule has 0 aliphatic rings. The van der Waals surface area contributed by atoms with Gasteiger partial charge in [0.05, 0.1) is 17.1 Å². The van der Waals surface area contributed by atoms with Crippen molar-refractivity contribution in [3.05, 3.63) is 29.0 Å². The highest BCUT2D eigenvalue weighted by atomic mass is 35.5. The van der Waals surface area contributed by atoms with Gasteiger partial charge in [-0.1, -0.05) is 11.6 Å². The number of hydrogen-bond acceptors (Lipinski definition) is 2. The molecule has 0 fully saturated rings. The molecule has 5 heteroatoms. The number of aromatic amines is 1. The van der Waals surface area contributed by atoms with Crippen LogP contribution in [0.15, 0.2) is 18.2 Å². The van der Waals surface area contributed by atoms with Gasteiger partial charge in [-0.2, -0.15) is 0 Å². The maximum atomic E-state index is 5.88. The Balaban J connectivity index is 0.00000112. The Morgan fingerprint density at radius 3 is 2.87 bits per heavy atom. The quantitative estimate of drug-likeness (QED) is 0.855. The van der Waals surface area contributed by atoms with E-state index in [2.05, 4.69) is 22.2 Å². The zero-order chi connectivity index (χ0) is 10.1. The Labute approximate surface area is 99.6 Å². The summed E-state index contributed by atoms with van der Waals surface area (Å²) in [4.78, 5) is 7.68. The van der Waals surface area contributed by atoms with Crippen LogP contribution in [0.3, 0.4) is 0 Å². The molecule has 1 aromatic heterocycles. The second kappa shape index (κ2) is 4.84. The van der Waals surface area contributed by atoms with E-state index >= 15 is 0 Å². The normalized spacial score (nSPS) is 12.5. The van der Waals surface area contributed by atoms with Gasteiger partial charge in [-0.05, 0) is 32.2 Å². The molecule has 0 bridgehead atoms. The molecule has 0 radical (unpaired) electrons. The second-order valence-corrected chi connectivity index (χ2v) is 3.73. The molecule has 2 N–H and O–H groups in total. The van der Waals surface area contributed by atoms with Gasteiger partial charge in [-0.15, -0.1) is 12.4 Å². The molecule has 0 spiro atoms. The van der Waals surface area contributed by atoms with Crippen LogP contribution in [0.4, 0.5) is 0 Å². The highest BCUT2D eigenvalue weighted by Gasteiger charge is 2.08. The van der Waals surface area contributed by atoms with Crippen molar-refractivity contribution in [2.24, 2.45) is 0 Å². The minimum Gasteiger partial charge on any atom is -0.341 e. The second-order valence-electron chi connectivity index (χ2n) is 3.29. The topological polar surface area (TPSA) is 40.7 Å². The van der Waals surface area contributed by atoms with Crippen molar-refractivity contribution in [1.29, 1.82) is 0 Å². The minimum atomic E-state index is 0. The maximum absolute atomic E-state index is 5.88. The van der Waals surface area contributed by atoms with Gasteiger partial charge in [0.25, 0.3) is 0 Å². The van der Waals surface area contributed by atoms with E-state index in [1.807, 2.05) is 25.2 Å². The van der Waals surface area contributed by atoms with Crippen molar-refractivity contribution in [3.63, 3.8) is 0 Å². The van der Waals surface area contributed by atoms with Crippen LogP contribution < -0.4 is 5.32 Å². The summed E-state index contributed by atoms with van der Waals surface area (Å²) in [5, 5.41) is 3.86. The van der Waals surface area contributed by atoms with E-state index in [-0.39, 0.29) is 18.4 Å². The van der Waals surface area contributed by atoms with Gasteiger partial charge in [0, 0.05) is 5.02 Å². The Kier molecular flexibility index (Phi) is 3.97. The highest BCUT2D eigenvalue weighted by molar-refractivity contribution is 6.31. The van der Waals surface area contributed by atoms with Gasteiger partial charge >= 0.3 is 0 Å². The molecule has 2 aromatic rings. The zero-order valence-electron chi connectivity index (χ0n) is 8.54. The van der Waals surface area contributed by atoms with Gasteiger partial charge in [0.1, 0.15) is 5.82 Å². The van der Waals surface area contributed by atoms with Crippen molar-refractivity contribution in [2.75, 3.05) is 7.05 Å². The average molecular weight is 246 g/mol. The fourth-order valence-corrected chi connectivity index (χ4v) is 1.52. The third-order valence-corrected chi connectivity index (χ3v) is 2.54. The molecule has 2 rings (SSSR count). The minimum absolute atomic E-state index is 0. The van der Waals surface area contributed by atoms with Crippen LogP contribution in [-0.2, 0) is 0 Å². The Hall–Kier alpha value is -0.770. The third-order valence-electron chi connectivity index (χ3n) is 2.31. The first-order chi connectivity index (χ1) is 6.70. The van der Waals surface area contributed by atoms with Crippen LogP contribution >= 0.6 is 24.0 Å². The van der Waals surface area contributed by atoms with E-state index in [9.17, 15) is 0 Å². The molecule has 1 heterocycles. The number of benzene rings is 1. The largest absolute Gasteiger partial charge is 0.341 e. The first-order valence-corrected chi connectivity index (χ1v) is 4.91. The molecule has 0 saturated carbocycles. The standard InChI is InChI=1S/C10H12ClN3.ClH/c1-6(12-2)10-13-8-4-3-7(11)5-9(8)14-10;/h3-6,12H,1-2H3,(H,13,14);1H. The molecule has 15 heavy (non-hydrogen) atoms. The average Bonchev–Trinajstić information content (AvgIpc) is 2.59. The van der Waals surface area contributed by atoms with E-state index in [4.69, 9.17) is 11.6 Å². The Morgan fingerprint density at radius 1 is 1.47 bits per heavy atom. The first-order valence-electron chi connectivity index (χ1n) is 4.53. The van der Waals surface area contributed by atoms with Gasteiger partial charge < -0.3 is 10.3 Å². The Bertz CT molecular complexity index is 453. The number of nitrogens with one attached hydrogen (secondary N) is 2. The summed E-state index contributed by atoms with van der Waals surface area (Å²) in [7, 11) is 1.91. The molecule has 1 aromatic carbocycles. The van der Waals surface area contributed by atoms with Crippen LogP contribution in [0, 0.1) is 0 Å². The number of imidazole rings is 1. The molecular formula is C10H13Cl2N3. The van der Waals surface area contributed by atoms with Crippen molar-refractivity contribution in [2.45, 2.75) is 13.0 Å². The predicted octanol–water partition coefficient (Wildman–Crippen LogP) is 2.92. The van der Waals surface area contributed by atoms with Crippen LogP contribution in [0.5, 0.6) is 0 Å². The SMILES string of the molecule is CNC(C)c1nc2ccc(Cl)cc2[nH]1.Cl. The lowest BCUT2D eigenvalue weighted by atomic mass is 10.3. The van der Waals surface area contributed by atoms with Gasteiger partial charge in [0.2, 0.25) is 0 Å². The van der Waals surface area contributed by atoms with Crippen LogP contribution in [-0.4, -0.2) is 17.0 Å². The molecule has 0 aliphatic heterocycles. The number of nitrogens with zero attached hydrogens (tertiary/aromatic N) is 1. The predicted molar refractivity (Wildman–Crippen MR) is 65.8 cm³/mol. The van der Waals surface area contributed by atoms with Crippen molar-refractivity contribution >= 4 is 35.0 Å². The number of aromatic nitrogens is 2. The maximum Gasteiger partial charge on any atom is 0.124 e. The summed E-state index contributed by atoms with van der Waals surface area (Å²) >= 11 is 5.88. The summed E-state index contributed by atoms with van der Waals surface area (Å²) in [6, 6.07) is 5.87. The lowest BCUT2D eigenvalue weighted by Gasteiger charge is -2.04. The molecular weight excluding hydrogens is 233 g/mol. The molecule has 1 atom stereocenters. The molecule has 0 aliphatic carbocycles. The summed E-state index contributed by atoms with van der Waals surface area (Å²) in [6.07, 6.45) is 0. The number of fused-ring (bicyclic) bond motifs is 1. The highest BCUT2D eigenvalue weighted by Crippen LogP contribution is 2.19. The lowest BCUT2D eigenvalue weighted by Crippen LogP contribution is -2.13. The number of H-pyrrole nitrogens is 1. The van der Waals surface area contributed by atoms with E-state index in [0.29, 0.717) is 0 Å². The number of halogens is 2. The lowest BCUT2D eigenvalue weighted by molar-refractivity contribution is 0.620. The van der Waals surface area contributed by atoms with Crippen LogP contribution in [0.25, 0.3) is 11.0 Å². The molecule has 0 saturated heterocycles. The van der Waals surface area contributed by atoms with Gasteiger partial charge in [-0.3, -0.25) is 0 Å². The van der Waals surface area contributed by atoms with Crippen molar-refractivity contribution < 1.29 is 0 Å². The van der Waals surface area contributed by atoms with Crippen LogP contribution in [0.2, 0.25) is 5.02 Å². The molecule has 3 nitrogen and oxygen atoms in total. The summed E-state index contributed by atoms with van der Waals surface area (Å²) in [5.74, 6) is 0.935. The van der Waals surface area contributed by atoms with Crippen molar-refractivity contribution in [3.8, 4) is 0 Å². The Morgan fingerprint density at radius 2 is 2.20 bits per heavy atom. The molecule has 82 valence electrons. The summed E-state index contributed by atoms with van der Waals surface area (Å²) < 4.78 is 0. The van der Waals surface area contributed by atoms with E-state index in [0.717, 1.165) is 21.9 Å². The van der Waals surface area contributed by atoms with Gasteiger partial charge in [0.15, 0.2) is 0 Å². The smallest absolute Gasteiger partial charge is 0.124 e. The zero-order valence-corrected chi connectivity index (χ0v) is 10.1. The number of hydrogen-bond donors (Lipinski definition) is 2. The summed E-state index contributed by atoms with van der Waals surface area (Å²) in [6.45, 7) is 2.05. The van der Waals surface area contributed by atoms with Gasteiger partial charge in [-0.25, -0.2) is 4.98 Å². The van der Waals surface area contributed by atoms with E-state index in [1.54, 1.807) is 0 Å². The third kappa shape index (κ3) is 2.43. The fraction of sp³-hybridized carbons (Fsp3) is 0.300. The molecule has 0 amide bonds. The fourth-order valence-electron chi connectivity index (χ4n) is 1.34. The first kappa shape index (κ1) is 12.3. The molecule has 1 unspecified atom stereocenters. The van der Waals surface area contributed by atoms with E-state index < -0.39 is 0 Å². The number of rotatable bonds is 2. The van der Waals surface area contributed by atoms with Crippen LogP contribution in [0.1, 0.15) is 18.8 Å². The van der Waals surface area contributed by atoms with Crippen molar-refractivity contribution in [1.82, 2.24) is 15.3 Å². The monoisotopic (exact) mass is 245 g/mol.